The molecule has 0 aromatic heterocycles. The van der Waals surface area contributed by atoms with E-state index in [9.17, 15) is 17.4 Å². The summed E-state index contributed by atoms with van der Waals surface area (Å²) in [4.78, 5) is 0. The van der Waals surface area contributed by atoms with E-state index in [1.807, 2.05) is 0 Å². The van der Waals surface area contributed by atoms with Crippen LogP contribution in [0.1, 0.15) is 25.5 Å². The second-order valence-electron chi connectivity index (χ2n) is 4.22. The quantitative estimate of drug-likeness (QED) is 0.907. The van der Waals surface area contributed by atoms with Crippen molar-refractivity contribution in [3.63, 3.8) is 0 Å². The first-order valence-corrected chi connectivity index (χ1v) is 6.84. The molecule has 0 heterocycles. The van der Waals surface area contributed by atoms with E-state index in [4.69, 9.17) is 4.74 Å². The van der Waals surface area contributed by atoms with Gasteiger partial charge in [0.1, 0.15) is 11.8 Å². The maximum Gasteiger partial charge on any atom is 0.408 e. The van der Waals surface area contributed by atoms with Gasteiger partial charge in [0.15, 0.2) is 0 Å². The summed E-state index contributed by atoms with van der Waals surface area (Å²) >= 11 is 0. The summed E-state index contributed by atoms with van der Waals surface area (Å²) in [5.41, 5.74) is -0.0270. The van der Waals surface area contributed by atoms with Crippen molar-refractivity contribution in [2.75, 3.05) is 7.11 Å². The Kier molecular flexibility index (Phi) is 5.37. The Morgan fingerprint density at radius 2 is 1.95 bits per heavy atom. The Labute approximate surface area is 112 Å². The predicted molar refractivity (Wildman–Crippen MR) is 68.2 cm³/mol. The number of hydrogen-bond donors (Lipinski definition) is 1. The zero-order chi connectivity index (χ0) is 14.6. The number of nitrogens with one attached hydrogen (secondary N) is 1. The van der Waals surface area contributed by atoms with Crippen LogP contribution < -0.4 is 9.46 Å². The van der Waals surface area contributed by atoms with Gasteiger partial charge in [0.25, 0.3) is 0 Å². The first-order chi connectivity index (χ1) is 8.75. The molecule has 0 aliphatic rings. The van der Waals surface area contributed by atoms with Crippen molar-refractivity contribution in [1.29, 1.82) is 0 Å². The molecule has 1 aromatic carbocycles. The summed E-state index contributed by atoms with van der Waals surface area (Å²) in [7, 11) is -0.392. The number of ether oxygens (including phenoxy) is 1. The molecule has 0 aliphatic heterocycles. The van der Waals surface area contributed by atoms with Gasteiger partial charge >= 0.3 is 6.18 Å². The Morgan fingerprint density at radius 3 is 2.42 bits per heavy atom. The molecular formula is C12H16F3NO2S. The highest BCUT2D eigenvalue weighted by Crippen LogP contribution is 2.34. The highest BCUT2D eigenvalue weighted by atomic mass is 32.2. The third kappa shape index (κ3) is 4.50. The molecule has 108 valence electrons. The summed E-state index contributed by atoms with van der Waals surface area (Å²) in [6.07, 6.45) is -4.53. The molecule has 0 radical (unpaired) electrons. The van der Waals surface area contributed by atoms with Gasteiger partial charge in [-0.3, -0.25) is 0 Å². The van der Waals surface area contributed by atoms with E-state index >= 15 is 0 Å². The van der Waals surface area contributed by atoms with E-state index in [-0.39, 0.29) is 5.56 Å². The number of halogens is 3. The topological polar surface area (TPSA) is 38.3 Å². The molecule has 2 atom stereocenters. The van der Waals surface area contributed by atoms with Gasteiger partial charge in [-0.15, -0.1) is 0 Å². The Morgan fingerprint density at radius 1 is 1.32 bits per heavy atom. The zero-order valence-corrected chi connectivity index (χ0v) is 11.6. The maximum absolute atomic E-state index is 13.0. The summed E-state index contributed by atoms with van der Waals surface area (Å²) in [6, 6.07) is 3.64. The normalized spacial score (nSPS) is 15.3. The van der Waals surface area contributed by atoms with E-state index < -0.39 is 28.5 Å². The first-order valence-electron chi connectivity index (χ1n) is 5.63. The lowest BCUT2D eigenvalue weighted by Gasteiger charge is -2.22. The molecule has 0 spiro atoms. The third-order valence-electron chi connectivity index (χ3n) is 2.42. The smallest absolute Gasteiger partial charge is 0.408 e. The van der Waals surface area contributed by atoms with Crippen molar-refractivity contribution in [3.8, 4) is 5.75 Å². The lowest BCUT2D eigenvalue weighted by Crippen LogP contribution is -2.37. The fourth-order valence-corrected chi connectivity index (χ4v) is 2.17. The van der Waals surface area contributed by atoms with Crippen molar-refractivity contribution >= 4 is 11.0 Å². The van der Waals surface area contributed by atoms with Crippen LogP contribution in [0.25, 0.3) is 0 Å². The van der Waals surface area contributed by atoms with Gasteiger partial charge in [-0.05, 0) is 31.5 Å². The SMILES string of the molecule is COc1cccc([C@H](N[S@](=O)C(C)C)C(F)(F)F)c1. The molecule has 0 fully saturated rings. The van der Waals surface area contributed by atoms with Gasteiger partial charge in [-0.1, -0.05) is 12.1 Å². The summed E-state index contributed by atoms with van der Waals surface area (Å²) in [6.45, 7) is 3.17. The van der Waals surface area contributed by atoms with Crippen molar-refractivity contribution in [1.82, 2.24) is 4.72 Å². The number of benzene rings is 1. The molecule has 7 heteroatoms. The van der Waals surface area contributed by atoms with Crippen molar-refractivity contribution in [3.05, 3.63) is 29.8 Å². The molecule has 19 heavy (non-hydrogen) atoms. The van der Waals surface area contributed by atoms with Crippen LogP contribution >= 0.6 is 0 Å². The lowest BCUT2D eigenvalue weighted by molar-refractivity contribution is -0.152. The first kappa shape index (κ1) is 16.0. The van der Waals surface area contributed by atoms with Crippen LogP contribution in [-0.4, -0.2) is 22.7 Å². The van der Waals surface area contributed by atoms with E-state index in [0.29, 0.717) is 5.75 Å². The highest BCUT2D eigenvalue weighted by Gasteiger charge is 2.42. The maximum atomic E-state index is 13.0. The van der Waals surface area contributed by atoms with Crippen LogP contribution in [0.5, 0.6) is 5.75 Å². The minimum absolute atomic E-state index is 0.0270. The molecule has 0 saturated carbocycles. The van der Waals surface area contributed by atoms with Gasteiger partial charge in [-0.2, -0.15) is 13.2 Å². The Balaban J connectivity index is 3.06. The zero-order valence-electron chi connectivity index (χ0n) is 10.8. The van der Waals surface area contributed by atoms with Crippen molar-refractivity contribution < 1.29 is 22.1 Å². The van der Waals surface area contributed by atoms with Gasteiger partial charge in [0.05, 0.1) is 18.1 Å². The number of rotatable bonds is 5. The van der Waals surface area contributed by atoms with Crippen molar-refractivity contribution in [2.45, 2.75) is 31.3 Å². The monoisotopic (exact) mass is 295 g/mol. The Hall–Kier alpha value is -1.08. The summed E-state index contributed by atoms with van der Waals surface area (Å²) in [5.74, 6) is 0.323. The van der Waals surface area contributed by atoms with E-state index in [1.54, 1.807) is 19.9 Å². The summed E-state index contributed by atoms with van der Waals surface area (Å²) < 4.78 is 57.7. The van der Waals surface area contributed by atoms with Crippen LogP contribution in [0.15, 0.2) is 24.3 Å². The van der Waals surface area contributed by atoms with E-state index in [2.05, 4.69) is 4.72 Å². The second kappa shape index (κ2) is 6.38. The summed E-state index contributed by atoms with van der Waals surface area (Å²) in [5, 5.41) is -0.407. The average molecular weight is 295 g/mol. The Bertz CT molecular complexity index is 449. The standard InChI is InChI=1S/C12H16F3NO2S/c1-8(2)19(17)16-11(12(13,14)15)9-5-4-6-10(7-9)18-3/h4-8,11,16H,1-3H3/t11-,19+/m0/s1. The third-order valence-corrected chi connectivity index (χ3v) is 3.74. The van der Waals surface area contributed by atoms with Crippen LogP contribution in [0, 0.1) is 0 Å². The van der Waals surface area contributed by atoms with Gasteiger partial charge < -0.3 is 4.74 Å². The predicted octanol–water partition coefficient (Wildman–Crippen LogP) is 2.96. The molecule has 1 rings (SSSR count). The number of alkyl halides is 3. The minimum Gasteiger partial charge on any atom is -0.497 e. The largest absolute Gasteiger partial charge is 0.497 e. The van der Waals surface area contributed by atoms with Crippen LogP contribution in [-0.2, 0) is 11.0 Å². The molecular weight excluding hydrogens is 279 g/mol. The molecule has 3 nitrogen and oxygen atoms in total. The average Bonchev–Trinajstić information content (AvgIpc) is 2.34. The lowest BCUT2D eigenvalue weighted by atomic mass is 10.1. The van der Waals surface area contributed by atoms with Crippen LogP contribution in [0.2, 0.25) is 0 Å². The van der Waals surface area contributed by atoms with Gasteiger partial charge in [0.2, 0.25) is 0 Å². The van der Waals surface area contributed by atoms with Crippen LogP contribution in [0.3, 0.4) is 0 Å². The molecule has 0 bridgehead atoms. The number of hydrogen-bond acceptors (Lipinski definition) is 2. The minimum atomic E-state index is -4.53. The fraction of sp³-hybridized carbons (Fsp3) is 0.500. The molecule has 1 aromatic rings. The van der Waals surface area contributed by atoms with Crippen LogP contribution in [0.4, 0.5) is 13.2 Å². The highest BCUT2D eigenvalue weighted by molar-refractivity contribution is 7.83. The van der Waals surface area contributed by atoms with Crippen molar-refractivity contribution in [2.24, 2.45) is 0 Å². The van der Waals surface area contributed by atoms with Gasteiger partial charge in [-0.25, -0.2) is 8.93 Å². The molecule has 0 amide bonds. The van der Waals surface area contributed by atoms with E-state index in [1.165, 1.54) is 25.3 Å². The fourth-order valence-electron chi connectivity index (χ4n) is 1.40. The van der Waals surface area contributed by atoms with Gasteiger partial charge in [0, 0.05) is 5.25 Å². The molecule has 0 aliphatic carbocycles. The molecule has 1 N–H and O–H groups in total. The molecule has 0 saturated heterocycles. The second-order valence-corrected chi connectivity index (χ2v) is 5.99. The molecule has 0 unspecified atom stereocenters. The number of methoxy groups -OCH3 is 1. The van der Waals surface area contributed by atoms with E-state index in [0.717, 1.165) is 0 Å².